The van der Waals surface area contributed by atoms with Gasteiger partial charge in [0.2, 0.25) is 0 Å². The van der Waals surface area contributed by atoms with Gasteiger partial charge in [-0.15, -0.1) is 0 Å². The Hall–Kier alpha value is -2.49. The number of carbonyl (C=O) groups is 2. The average Bonchev–Trinajstić information content (AvgIpc) is 2.68. The highest BCUT2D eigenvalue weighted by molar-refractivity contribution is 5.97. The lowest BCUT2D eigenvalue weighted by molar-refractivity contribution is -0.153. The number of esters is 1. The van der Waals surface area contributed by atoms with Crippen LogP contribution in [0.25, 0.3) is 0 Å². The first-order valence-electron chi connectivity index (χ1n) is 9.36. The molecule has 1 atom stereocenters. The number of rotatable bonds is 9. The molecule has 1 aromatic rings. The van der Waals surface area contributed by atoms with E-state index >= 15 is 0 Å². The molecule has 10 heteroatoms. The zero-order valence-corrected chi connectivity index (χ0v) is 16.1. The molecule has 1 aliphatic heterocycles. The van der Waals surface area contributed by atoms with Crippen molar-refractivity contribution in [2.75, 3.05) is 32.9 Å². The van der Waals surface area contributed by atoms with Crippen LogP contribution in [0.15, 0.2) is 18.2 Å². The monoisotopic (exact) mass is 418 g/mol. The summed E-state index contributed by atoms with van der Waals surface area (Å²) in [5, 5.41) is 6.07. The summed E-state index contributed by atoms with van der Waals surface area (Å²) in [5.41, 5.74) is 0.0447. The first-order valence-corrected chi connectivity index (χ1v) is 9.36. The predicted octanol–water partition coefficient (Wildman–Crippen LogP) is 2.44. The number of benzene rings is 1. The van der Waals surface area contributed by atoms with E-state index in [0.717, 1.165) is 25.8 Å². The molecule has 2 rings (SSSR count). The number of ether oxygens (including phenoxy) is 3. The third-order valence-corrected chi connectivity index (χ3v) is 4.17. The van der Waals surface area contributed by atoms with Crippen LogP contribution in [0, 0.1) is 0 Å². The van der Waals surface area contributed by atoms with Gasteiger partial charge in [-0.3, -0.25) is 9.59 Å². The van der Waals surface area contributed by atoms with Crippen LogP contribution in [0.3, 0.4) is 0 Å². The minimum atomic E-state index is -4.49. The van der Waals surface area contributed by atoms with Gasteiger partial charge in [0.15, 0.2) is 6.61 Å². The summed E-state index contributed by atoms with van der Waals surface area (Å²) in [4.78, 5) is 23.4. The molecule has 0 bridgehead atoms. The third kappa shape index (κ3) is 8.59. The zero-order valence-electron chi connectivity index (χ0n) is 16.1. The number of nitrogens with one attached hydrogen (secondary N) is 2. The molecule has 0 saturated carbocycles. The molecule has 0 spiro atoms. The fourth-order valence-electron chi connectivity index (χ4n) is 2.81. The summed E-state index contributed by atoms with van der Waals surface area (Å²) >= 11 is 0. The molecule has 2 N–H and O–H groups in total. The van der Waals surface area contributed by atoms with Gasteiger partial charge in [0.05, 0.1) is 5.56 Å². The Bertz CT molecular complexity index is 691. The molecule has 162 valence electrons. The van der Waals surface area contributed by atoms with Crippen molar-refractivity contribution < 1.29 is 37.0 Å². The zero-order chi connectivity index (χ0) is 21.3. The lowest BCUT2D eigenvalue weighted by atomic mass is 10.0. The van der Waals surface area contributed by atoms with Crippen LogP contribution < -0.4 is 20.1 Å². The molecule has 1 aliphatic rings. The van der Waals surface area contributed by atoms with E-state index in [1.54, 1.807) is 0 Å². The van der Waals surface area contributed by atoms with E-state index in [1.807, 2.05) is 0 Å². The molecule has 1 heterocycles. The Kier molecular flexibility index (Phi) is 8.56. The smallest absolute Gasteiger partial charge is 0.422 e. The van der Waals surface area contributed by atoms with Gasteiger partial charge in [0.1, 0.15) is 24.7 Å². The molecular weight excluding hydrogens is 393 g/mol. The molecule has 1 saturated heterocycles. The number of carbonyl (C=O) groups excluding carboxylic acids is 2. The Morgan fingerprint density at radius 2 is 2.00 bits per heavy atom. The van der Waals surface area contributed by atoms with Crippen molar-refractivity contribution in [3.63, 3.8) is 0 Å². The number of amides is 1. The largest absolute Gasteiger partial charge is 0.489 e. The summed E-state index contributed by atoms with van der Waals surface area (Å²) in [5.74, 6) is -0.902. The van der Waals surface area contributed by atoms with E-state index in [1.165, 1.54) is 25.1 Å². The molecule has 1 unspecified atom stereocenters. The van der Waals surface area contributed by atoms with Crippen LogP contribution >= 0.6 is 0 Å². The lowest BCUT2D eigenvalue weighted by Gasteiger charge is -2.23. The molecule has 7 nitrogen and oxygen atoms in total. The van der Waals surface area contributed by atoms with Crippen LogP contribution in [0.2, 0.25) is 0 Å². The highest BCUT2D eigenvalue weighted by atomic mass is 19.4. The van der Waals surface area contributed by atoms with Gasteiger partial charge in [-0.2, -0.15) is 13.2 Å². The fourth-order valence-corrected chi connectivity index (χ4v) is 2.81. The highest BCUT2D eigenvalue weighted by Gasteiger charge is 2.28. The minimum absolute atomic E-state index is 0.00715. The summed E-state index contributed by atoms with van der Waals surface area (Å²) in [6, 6.07) is 3.99. The summed E-state index contributed by atoms with van der Waals surface area (Å²) < 4.78 is 52.2. The number of hydrogen-bond acceptors (Lipinski definition) is 6. The van der Waals surface area contributed by atoms with E-state index in [4.69, 9.17) is 14.2 Å². The molecule has 1 fully saturated rings. The van der Waals surface area contributed by atoms with Gasteiger partial charge < -0.3 is 24.8 Å². The Morgan fingerprint density at radius 3 is 2.66 bits per heavy atom. The predicted molar refractivity (Wildman–Crippen MR) is 98.1 cm³/mol. The van der Waals surface area contributed by atoms with Gasteiger partial charge in [-0.1, -0.05) is 6.42 Å². The Balaban J connectivity index is 2.05. The standard InChI is InChI=1S/C19H25F3N2O5/c1-13(25)27-8-9-28-17-6-5-15(29-12-19(20,21)22)10-16(17)18(26)24-11-14-4-2-3-7-23-14/h5-6,10,14,23H,2-4,7-9,11-12H2,1H3,(H,24,26). The van der Waals surface area contributed by atoms with Crippen molar-refractivity contribution in [1.82, 2.24) is 10.6 Å². The second-order valence-electron chi connectivity index (χ2n) is 6.61. The van der Waals surface area contributed by atoms with E-state index in [2.05, 4.69) is 10.6 Å². The lowest BCUT2D eigenvalue weighted by Crippen LogP contribution is -2.43. The fraction of sp³-hybridized carbons (Fsp3) is 0.579. The van der Waals surface area contributed by atoms with E-state index < -0.39 is 24.7 Å². The van der Waals surface area contributed by atoms with Crippen molar-refractivity contribution in [3.05, 3.63) is 23.8 Å². The van der Waals surface area contributed by atoms with Crippen molar-refractivity contribution in [2.24, 2.45) is 0 Å². The maximum atomic E-state index is 12.6. The van der Waals surface area contributed by atoms with Gasteiger partial charge in [0, 0.05) is 19.5 Å². The third-order valence-electron chi connectivity index (χ3n) is 4.17. The quantitative estimate of drug-likeness (QED) is 0.473. The topological polar surface area (TPSA) is 85.9 Å². The van der Waals surface area contributed by atoms with Crippen molar-refractivity contribution in [3.8, 4) is 11.5 Å². The SMILES string of the molecule is CC(=O)OCCOc1ccc(OCC(F)(F)F)cc1C(=O)NCC1CCCCN1. The number of hydrogen-bond donors (Lipinski definition) is 2. The van der Waals surface area contributed by atoms with Crippen molar-refractivity contribution in [2.45, 2.75) is 38.4 Å². The first kappa shape index (κ1) is 22.8. The maximum absolute atomic E-state index is 12.6. The van der Waals surface area contributed by atoms with E-state index in [-0.39, 0.29) is 36.3 Å². The summed E-state index contributed by atoms with van der Waals surface area (Å²) in [7, 11) is 0. The number of halogens is 3. The average molecular weight is 418 g/mol. The van der Waals surface area contributed by atoms with Gasteiger partial charge in [-0.05, 0) is 37.6 Å². The van der Waals surface area contributed by atoms with Gasteiger partial charge in [0.25, 0.3) is 5.91 Å². The van der Waals surface area contributed by atoms with Crippen LogP contribution in [0.5, 0.6) is 11.5 Å². The van der Waals surface area contributed by atoms with Gasteiger partial charge in [-0.25, -0.2) is 0 Å². The molecular formula is C19H25F3N2O5. The van der Waals surface area contributed by atoms with Crippen LogP contribution in [-0.4, -0.2) is 57.0 Å². The molecule has 1 amide bonds. The molecule has 0 aliphatic carbocycles. The number of alkyl halides is 3. The first-order chi connectivity index (χ1) is 13.7. The second-order valence-corrected chi connectivity index (χ2v) is 6.61. The molecule has 0 radical (unpaired) electrons. The molecule has 29 heavy (non-hydrogen) atoms. The van der Waals surface area contributed by atoms with Crippen molar-refractivity contribution in [1.29, 1.82) is 0 Å². The van der Waals surface area contributed by atoms with E-state index in [0.29, 0.717) is 6.54 Å². The summed E-state index contributed by atoms with van der Waals surface area (Å²) in [6.07, 6.45) is -1.41. The normalized spacial score (nSPS) is 16.8. The van der Waals surface area contributed by atoms with Crippen molar-refractivity contribution >= 4 is 11.9 Å². The van der Waals surface area contributed by atoms with Gasteiger partial charge >= 0.3 is 12.1 Å². The Morgan fingerprint density at radius 1 is 1.21 bits per heavy atom. The minimum Gasteiger partial charge on any atom is -0.489 e. The second kappa shape index (κ2) is 10.9. The Labute approximate surface area is 166 Å². The maximum Gasteiger partial charge on any atom is 0.422 e. The van der Waals surface area contributed by atoms with Crippen LogP contribution in [-0.2, 0) is 9.53 Å². The number of piperidine rings is 1. The highest BCUT2D eigenvalue weighted by Crippen LogP contribution is 2.26. The summed E-state index contributed by atoms with van der Waals surface area (Å²) in [6.45, 7) is 1.03. The van der Waals surface area contributed by atoms with Crippen LogP contribution in [0.1, 0.15) is 36.5 Å². The molecule has 0 aromatic heterocycles. The van der Waals surface area contributed by atoms with E-state index in [9.17, 15) is 22.8 Å². The van der Waals surface area contributed by atoms with Crippen LogP contribution in [0.4, 0.5) is 13.2 Å². The molecule has 1 aromatic carbocycles.